The van der Waals surface area contributed by atoms with Crippen LogP contribution in [0, 0.1) is 10.1 Å². The number of nitrogens with one attached hydrogen (secondary N) is 1. The normalized spacial score (nSPS) is 10.3. The first-order valence-corrected chi connectivity index (χ1v) is 6.48. The van der Waals surface area contributed by atoms with E-state index in [1.165, 1.54) is 12.4 Å². The molecule has 1 aromatic carbocycles. The van der Waals surface area contributed by atoms with Crippen LogP contribution in [0.4, 0.5) is 11.5 Å². The number of hydrogen-bond acceptors (Lipinski definition) is 5. The molecule has 0 bridgehead atoms. The topological polar surface area (TPSA) is 81.0 Å². The molecule has 1 heterocycles. The SMILES string of the molecule is CCNc1ncnc(-c2ccc(Cl)cc2Cl)c1[N+](=O)[O-]. The van der Waals surface area contributed by atoms with E-state index in [4.69, 9.17) is 23.2 Å². The number of nitro groups is 1. The third-order valence-corrected chi connectivity index (χ3v) is 3.08. The van der Waals surface area contributed by atoms with E-state index in [1.54, 1.807) is 12.1 Å². The second-order valence-corrected chi connectivity index (χ2v) is 4.67. The van der Waals surface area contributed by atoms with E-state index >= 15 is 0 Å². The van der Waals surface area contributed by atoms with E-state index in [0.29, 0.717) is 22.2 Å². The molecule has 8 heteroatoms. The van der Waals surface area contributed by atoms with Crippen LogP contribution in [0.15, 0.2) is 24.5 Å². The number of anilines is 1. The Labute approximate surface area is 124 Å². The van der Waals surface area contributed by atoms with Gasteiger partial charge in [0, 0.05) is 17.1 Å². The summed E-state index contributed by atoms with van der Waals surface area (Å²) in [4.78, 5) is 18.6. The molecule has 0 saturated heterocycles. The van der Waals surface area contributed by atoms with Crippen LogP contribution in [0.2, 0.25) is 10.0 Å². The molecule has 2 rings (SSSR count). The third kappa shape index (κ3) is 2.81. The lowest BCUT2D eigenvalue weighted by Gasteiger charge is -2.08. The summed E-state index contributed by atoms with van der Waals surface area (Å²) < 4.78 is 0. The van der Waals surface area contributed by atoms with Crippen LogP contribution in [-0.2, 0) is 0 Å². The van der Waals surface area contributed by atoms with Crippen molar-refractivity contribution in [1.29, 1.82) is 0 Å². The van der Waals surface area contributed by atoms with Crippen molar-refractivity contribution < 1.29 is 4.92 Å². The van der Waals surface area contributed by atoms with Gasteiger partial charge < -0.3 is 5.32 Å². The second kappa shape index (κ2) is 6.02. The number of hydrogen-bond donors (Lipinski definition) is 1. The fraction of sp³-hybridized carbons (Fsp3) is 0.167. The maximum absolute atomic E-state index is 11.3. The molecular formula is C12H10Cl2N4O2. The average molecular weight is 313 g/mol. The molecule has 0 saturated carbocycles. The monoisotopic (exact) mass is 312 g/mol. The number of aromatic nitrogens is 2. The van der Waals surface area contributed by atoms with Crippen molar-refractivity contribution in [2.24, 2.45) is 0 Å². The maximum Gasteiger partial charge on any atom is 0.337 e. The highest BCUT2D eigenvalue weighted by Gasteiger charge is 2.24. The van der Waals surface area contributed by atoms with E-state index in [-0.39, 0.29) is 17.2 Å². The minimum Gasteiger partial charge on any atom is -0.365 e. The number of nitrogens with zero attached hydrogens (tertiary/aromatic N) is 3. The van der Waals surface area contributed by atoms with E-state index in [2.05, 4.69) is 15.3 Å². The fourth-order valence-electron chi connectivity index (χ4n) is 1.73. The molecule has 20 heavy (non-hydrogen) atoms. The van der Waals surface area contributed by atoms with E-state index in [1.807, 2.05) is 6.92 Å². The molecule has 1 aromatic heterocycles. The van der Waals surface area contributed by atoms with Crippen LogP contribution in [0.25, 0.3) is 11.3 Å². The molecule has 2 aromatic rings. The van der Waals surface area contributed by atoms with Gasteiger partial charge in [0.25, 0.3) is 0 Å². The highest BCUT2D eigenvalue weighted by atomic mass is 35.5. The van der Waals surface area contributed by atoms with Crippen LogP contribution in [-0.4, -0.2) is 21.4 Å². The van der Waals surface area contributed by atoms with Crippen molar-refractivity contribution in [2.75, 3.05) is 11.9 Å². The van der Waals surface area contributed by atoms with Gasteiger partial charge in [-0.1, -0.05) is 23.2 Å². The first-order valence-electron chi connectivity index (χ1n) is 5.73. The minimum atomic E-state index is -0.530. The molecule has 0 aliphatic rings. The van der Waals surface area contributed by atoms with Gasteiger partial charge in [0.2, 0.25) is 5.82 Å². The Morgan fingerprint density at radius 2 is 2.10 bits per heavy atom. The van der Waals surface area contributed by atoms with Crippen LogP contribution in [0.3, 0.4) is 0 Å². The second-order valence-electron chi connectivity index (χ2n) is 3.83. The van der Waals surface area contributed by atoms with Crippen molar-refractivity contribution in [3.63, 3.8) is 0 Å². The highest BCUT2D eigenvalue weighted by Crippen LogP contribution is 2.37. The summed E-state index contributed by atoms with van der Waals surface area (Å²) in [7, 11) is 0. The van der Waals surface area contributed by atoms with Crippen molar-refractivity contribution in [1.82, 2.24) is 9.97 Å². The lowest BCUT2D eigenvalue weighted by Crippen LogP contribution is -2.06. The Morgan fingerprint density at radius 1 is 1.35 bits per heavy atom. The predicted molar refractivity (Wildman–Crippen MR) is 78.3 cm³/mol. The third-order valence-electron chi connectivity index (χ3n) is 2.54. The van der Waals surface area contributed by atoms with E-state index in [9.17, 15) is 10.1 Å². The molecule has 0 fully saturated rings. The predicted octanol–water partition coefficient (Wildman–Crippen LogP) is 3.79. The zero-order valence-corrected chi connectivity index (χ0v) is 11.9. The molecule has 0 radical (unpaired) electrons. The fourth-order valence-corrected chi connectivity index (χ4v) is 2.23. The zero-order chi connectivity index (χ0) is 14.7. The van der Waals surface area contributed by atoms with Crippen LogP contribution in [0.1, 0.15) is 6.92 Å². The molecule has 6 nitrogen and oxygen atoms in total. The largest absolute Gasteiger partial charge is 0.365 e. The Morgan fingerprint density at radius 3 is 2.70 bits per heavy atom. The number of benzene rings is 1. The molecule has 0 atom stereocenters. The summed E-state index contributed by atoms with van der Waals surface area (Å²) in [6, 6.07) is 4.70. The zero-order valence-electron chi connectivity index (χ0n) is 10.4. The highest BCUT2D eigenvalue weighted by molar-refractivity contribution is 6.36. The standard InChI is InChI=1S/C12H10Cl2N4O2/c1-2-15-12-11(18(19)20)10(16-6-17-12)8-4-3-7(13)5-9(8)14/h3-6H,2H2,1H3,(H,15,16,17). The summed E-state index contributed by atoms with van der Waals surface area (Å²) in [5.74, 6) is 0.161. The Hall–Kier alpha value is -1.92. The summed E-state index contributed by atoms with van der Waals surface area (Å²) in [5.41, 5.74) is 0.380. The maximum atomic E-state index is 11.3. The number of halogens is 2. The van der Waals surface area contributed by atoms with E-state index < -0.39 is 4.92 Å². The van der Waals surface area contributed by atoms with Gasteiger partial charge in [-0.15, -0.1) is 0 Å². The summed E-state index contributed by atoms with van der Waals surface area (Å²) in [6.45, 7) is 2.33. The van der Waals surface area contributed by atoms with E-state index in [0.717, 1.165) is 0 Å². The van der Waals surface area contributed by atoms with Crippen molar-refractivity contribution >= 4 is 34.7 Å². The molecule has 0 aliphatic heterocycles. The molecule has 0 unspecified atom stereocenters. The molecule has 0 amide bonds. The molecular weight excluding hydrogens is 303 g/mol. The van der Waals surface area contributed by atoms with Crippen LogP contribution in [0.5, 0.6) is 0 Å². The number of rotatable bonds is 4. The molecule has 1 N–H and O–H groups in total. The summed E-state index contributed by atoms with van der Waals surface area (Å²) >= 11 is 11.9. The van der Waals surface area contributed by atoms with Gasteiger partial charge in [0.1, 0.15) is 6.33 Å². The molecule has 0 spiro atoms. The first-order chi connectivity index (χ1) is 9.54. The van der Waals surface area contributed by atoms with Crippen molar-refractivity contribution in [3.8, 4) is 11.3 Å². The van der Waals surface area contributed by atoms with Crippen LogP contribution < -0.4 is 5.32 Å². The summed E-state index contributed by atoms with van der Waals surface area (Å²) in [6.07, 6.45) is 1.26. The smallest absolute Gasteiger partial charge is 0.337 e. The van der Waals surface area contributed by atoms with Crippen molar-refractivity contribution in [3.05, 3.63) is 44.7 Å². The first kappa shape index (κ1) is 14.5. The van der Waals surface area contributed by atoms with Gasteiger partial charge in [-0.3, -0.25) is 10.1 Å². The van der Waals surface area contributed by atoms with Gasteiger partial charge in [0.05, 0.1) is 9.95 Å². The molecule has 104 valence electrons. The van der Waals surface area contributed by atoms with Crippen molar-refractivity contribution in [2.45, 2.75) is 6.92 Å². The van der Waals surface area contributed by atoms with Crippen LogP contribution >= 0.6 is 23.2 Å². The Kier molecular flexibility index (Phi) is 4.36. The Balaban J connectivity index is 2.67. The Bertz CT molecular complexity index is 664. The van der Waals surface area contributed by atoms with Gasteiger partial charge >= 0.3 is 5.69 Å². The molecule has 0 aliphatic carbocycles. The average Bonchev–Trinajstić information content (AvgIpc) is 2.38. The minimum absolute atomic E-state index is 0.155. The lowest BCUT2D eigenvalue weighted by molar-refractivity contribution is -0.383. The lowest BCUT2D eigenvalue weighted by atomic mass is 10.1. The van der Waals surface area contributed by atoms with Gasteiger partial charge in [-0.2, -0.15) is 0 Å². The van der Waals surface area contributed by atoms with Gasteiger partial charge in [-0.05, 0) is 25.1 Å². The van der Waals surface area contributed by atoms with Gasteiger partial charge in [0.15, 0.2) is 5.69 Å². The summed E-state index contributed by atoms with van der Waals surface area (Å²) in [5, 5.41) is 14.9. The quantitative estimate of drug-likeness (QED) is 0.686. The van der Waals surface area contributed by atoms with Gasteiger partial charge in [-0.25, -0.2) is 9.97 Å².